The number of aromatic nitrogens is 2. The quantitative estimate of drug-likeness (QED) is 0.888. The van der Waals surface area contributed by atoms with Crippen LogP contribution in [0.15, 0.2) is 36.7 Å². The van der Waals surface area contributed by atoms with Crippen molar-refractivity contribution in [1.29, 1.82) is 0 Å². The summed E-state index contributed by atoms with van der Waals surface area (Å²) in [6.45, 7) is 6.72. The lowest BCUT2D eigenvalue weighted by Crippen LogP contribution is -2.27. The Labute approximate surface area is 113 Å². The van der Waals surface area contributed by atoms with Gasteiger partial charge in [-0.05, 0) is 17.0 Å². The highest BCUT2D eigenvalue weighted by atomic mass is 16.1. The van der Waals surface area contributed by atoms with Crippen LogP contribution in [0.5, 0.6) is 0 Å². The summed E-state index contributed by atoms with van der Waals surface area (Å²) in [6.07, 6.45) is 3.41. The number of benzene rings is 1. The van der Waals surface area contributed by atoms with Gasteiger partial charge in [-0.25, -0.2) is 4.98 Å². The zero-order valence-corrected chi connectivity index (χ0v) is 11.5. The number of hydrogen-bond acceptors (Lipinski definition) is 2. The Kier molecular flexibility index (Phi) is 3.69. The summed E-state index contributed by atoms with van der Waals surface area (Å²) in [7, 11) is 0. The van der Waals surface area contributed by atoms with E-state index >= 15 is 0 Å². The molecule has 1 amide bonds. The van der Waals surface area contributed by atoms with Crippen LogP contribution < -0.4 is 5.32 Å². The maximum absolute atomic E-state index is 12.3. The average molecular weight is 257 g/mol. The van der Waals surface area contributed by atoms with E-state index < -0.39 is 0 Å². The normalized spacial score (nSPS) is 11.3. The van der Waals surface area contributed by atoms with Gasteiger partial charge in [-0.1, -0.05) is 39.0 Å². The molecule has 4 nitrogen and oxygen atoms in total. The first kappa shape index (κ1) is 13.3. The maximum Gasteiger partial charge on any atom is 0.251 e. The van der Waals surface area contributed by atoms with E-state index in [1.807, 2.05) is 24.3 Å². The first-order valence-corrected chi connectivity index (χ1v) is 6.34. The number of rotatable bonds is 3. The molecule has 1 aromatic carbocycles. The van der Waals surface area contributed by atoms with Gasteiger partial charge in [0.25, 0.3) is 5.91 Å². The molecule has 0 bridgehead atoms. The SMILES string of the molecule is CC(C)(C)c1ccccc1C(=O)NCc1ncc[nH]1. The van der Waals surface area contributed by atoms with Crippen molar-refractivity contribution in [3.63, 3.8) is 0 Å². The van der Waals surface area contributed by atoms with Crippen molar-refractivity contribution < 1.29 is 4.79 Å². The fraction of sp³-hybridized carbons (Fsp3) is 0.333. The van der Waals surface area contributed by atoms with Gasteiger partial charge in [-0.2, -0.15) is 0 Å². The van der Waals surface area contributed by atoms with Crippen LogP contribution >= 0.6 is 0 Å². The Morgan fingerprint density at radius 1 is 1.32 bits per heavy atom. The maximum atomic E-state index is 12.3. The van der Waals surface area contributed by atoms with E-state index in [1.165, 1.54) is 0 Å². The molecule has 4 heteroatoms. The van der Waals surface area contributed by atoms with Crippen LogP contribution in [0.25, 0.3) is 0 Å². The summed E-state index contributed by atoms with van der Waals surface area (Å²) in [5.41, 5.74) is 1.71. The van der Waals surface area contributed by atoms with Crippen LogP contribution in [0, 0.1) is 0 Å². The van der Waals surface area contributed by atoms with Crippen LogP contribution in [0.1, 0.15) is 42.5 Å². The second-order valence-corrected chi connectivity index (χ2v) is 5.51. The first-order valence-electron chi connectivity index (χ1n) is 6.34. The molecule has 0 aliphatic heterocycles. The summed E-state index contributed by atoms with van der Waals surface area (Å²) in [5.74, 6) is 0.684. The van der Waals surface area contributed by atoms with E-state index in [-0.39, 0.29) is 11.3 Å². The lowest BCUT2D eigenvalue weighted by Gasteiger charge is -2.22. The van der Waals surface area contributed by atoms with Gasteiger partial charge in [0.2, 0.25) is 0 Å². The van der Waals surface area contributed by atoms with E-state index in [1.54, 1.807) is 12.4 Å². The summed E-state index contributed by atoms with van der Waals surface area (Å²) >= 11 is 0. The van der Waals surface area contributed by atoms with Crippen molar-refractivity contribution in [1.82, 2.24) is 15.3 Å². The summed E-state index contributed by atoms with van der Waals surface area (Å²) in [4.78, 5) is 19.3. The Hall–Kier alpha value is -2.10. The number of aromatic amines is 1. The molecular formula is C15H19N3O. The number of hydrogen-bond donors (Lipinski definition) is 2. The minimum absolute atomic E-state index is 0.0569. The third-order valence-electron chi connectivity index (χ3n) is 2.95. The molecule has 0 aliphatic carbocycles. The molecule has 2 rings (SSSR count). The predicted molar refractivity (Wildman–Crippen MR) is 74.9 cm³/mol. The fourth-order valence-corrected chi connectivity index (χ4v) is 1.99. The molecule has 2 aromatic rings. The summed E-state index contributed by atoms with van der Waals surface area (Å²) in [5, 5.41) is 2.88. The van der Waals surface area contributed by atoms with Gasteiger partial charge in [0, 0.05) is 18.0 Å². The number of H-pyrrole nitrogens is 1. The van der Waals surface area contributed by atoms with Crippen LogP contribution in [0.3, 0.4) is 0 Å². The van der Waals surface area contributed by atoms with Crippen LogP contribution in [0.4, 0.5) is 0 Å². The average Bonchev–Trinajstić information content (AvgIpc) is 2.88. The molecule has 0 saturated carbocycles. The number of carbonyl (C=O) groups is 1. The Balaban J connectivity index is 2.15. The van der Waals surface area contributed by atoms with Gasteiger partial charge >= 0.3 is 0 Å². The topological polar surface area (TPSA) is 57.8 Å². The minimum Gasteiger partial charge on any atom is -0.347 e. The first-order chi connectivity index (χ1) is 8.98. The van der Waals surface area contributed by atoms with Crippen LogP contribution in [-0.2, 0) is 12.0 Å². The van der Waals surface area contributed by atoms with E-state index in [0.29, 0.717) is 6.54 Å². The molecule has 0 unspecified atom stereocenters. The van der Waals surface area contributed by atoms with Gasteiger partial charge in [0.1, 0.15) is 5.82 Å². The molecule has 0 spiro atoms. The third kappa shape index (κ3) is 3.22. The molecule has 0 atom stereocenters. The molecule has 0 radical (unpaired) electrons. The van der Waals surface area contributed by atoms with Crippen LogP contribution in [-0.4, -0.2) is 15.9 Å². The molecule has 100 valence electrons. The van der Waals surface area contributed by atoms with Crippen molar-refractivity contribution in [2.45, 2.75) is 32.7 Å². The second kappa shape index (κ2) is 5.26. The van der Waals surface area contributed by atoms with Crippen LogP contribution in [0.2, 0.25) is 0 Å². The van der Waals surface area contributed by atoms with Gasteiger partial charge < -0.3 is 10.3 Å². The lowest BCUT2D eigenvalue weighted by atomic mass is 9.83. The Morgan fingerprint density at radius 2 is 2.05 bits per heavy atom. The molecule has 0 fully saturated rings. The zero-order valence-electron chi connectivity index (χ0n) is 11.5. The number of carbonyl (C=O) groups excluding carboxylic acids is 1. The zero-order chi connectivity index (χ0) is 13.9. The smallest absolute Gasteiger partial charge is 0.251 e. The van der Waals surface area contributed by atoms with Gasteiger partial charge in [-0.15, -0.1) is 0 Å². The van der Waals surface area contributed by atoms with E-state index in [4.69, 9.17) is 0 Å². The highest BCUT2D eigenvalue weighted by Crippen LogP contribution is 2.25. The van der Waals surface area contributed by atoms with Gasteiger partial charge in [-0.3, -0.25) is 4.79 Å². The Morgan fingerprint density at radius 3 is 2.68 bits per heavy atom. The van der Waals surface area contributed by atoms with E-state index in [0.717, 1.165) is 17.0 Å². The fourth-order valence-electron chi connectivity index (χ4n) is 1.99. The van der Waals surface area contributed by atoms with Crippen molar-refractivity contribution in [3.05, 3.63) is 53.6 Å². The number of nitrogens with one attached hydrogen (secondary N) is 2. The molecule has 1 aromatic heterocycles. The molecule has 1 heterocycles. The molecule has 19 heavy (non-hydrogen) atoms. The minimum atomic E-state index is -0.0677. The van der Waals surface area contributed by atoms with Gasteiger partial charge in [0.05, 0.1) is 6.54 Å². The Bertz CT molecular complexity index is 553. The monoisotopic (exact) mass is 257 g/mol. The lowest BCUT2D eigenvalue weighted by molar-refractivity contribution is 0.0947. The summed E-state index contributed by atoms with van der Waals surface area (Å²) < 4.78 is 0. The van der Waals surface area contributed by atoms with Gasteiger partial charge in [0.15, 0.2) is 0 Å². The highest BCUT2D eigenvalue weighted by Gasteiger charge is 2.20. The third-order valence-corrected chi connectivity index (χ3v) is 2.95. The standard InChI is InChI=1S/C15H19N3O/c1-15(2,3)12-7-5-4-6-11(12)14(19)18-10-13-16-8-9-17-13/h4-9H,10H2,1-3H3,(H,16,17)(H,18,19). The van der Waals surface area contributed by atoms with E-state index in [2.05, 4.69) is 36.1 Å². The molecule has 2 N–H and O–H groups in total. The highest BCUT2D eigenvalue weighted by molar-refractivity contribution is 5.95. The van der Waals surface area contributed by atoms with E-state index in [9.17, 15) is 4.79 Å². The second-order valence-electron chi connectivity index (χ2n) is 5.51. The van der Waals surface area contributed by atoms with Crippen molar-refractivity contribution >= 4 is 5.91 Å². The number of nitrogens with zero attached hydrogens (tertiary/aromatic N) is 1. The van der Waals surface area contributed by atoms with Crippen molar-refractivity contribution in [3.8, 4) is 0 Å². The molecular weight excluding hydrogens is 238 g/mol. The van der Waals surface area contributed by atoms with Crippen molar-refractivity contribution in [2.24, 2.45) is 0 Å². The number of imidazole rings is 1. The molecule has 0 aliphatic rings. The largest absolute Gasteiger partial charge is 0.347 e. The number of amides is 1. The summed E-state index contributed by atoms with van der Waals surface area (Å²) in [6, 6.07) is 7.71. The van der Waals surface area contributed by atoms with Crippen molar-refractivity contribution in [2.75, 3.05) is 0 Å². The molecule has 0 saturated heterocycles. The predicted octanol–water partition coefficient (Wildman–Crippen LogP) is 2.64.